The molecule has 1 amide bonds. The lowest BCUT2D eigenvalue weighted by atomic mass is 10.2. The quantitative estimate of drug-likeness (QED) is 0.517. The zero-order valence-electron chi connectivity index (χ0n) is 15.2. The molecule has 0 atom stereocenters. The minimum Gasteiger partial charge on any atom is -0.406 e. The van der Waals surface area contributed by atoms with Crippen molar-refractivity contribution in [3.63, 3.8) is 0 Å². The first kappa shape index (κ1) is 19.0. The van der Waals surface area contributed by atoms with E-state index in [1.165, 1.54) is 29.5 Å². The number of imidazole rings is 1. The Kier molecular flexibility index (Phi) is 4.53. The normalized spacial score (nSPS) is 11.8. The molecule has 0 bridgehead atoms. The molecular formula is C18H14F3N5O2S. The van der Waals surface area contributed by atoms with Crippen molar-refractivity contribution < 1.29 is 22.7 Å². The van der Waals surface area contributed by atoms with Gasteiger partial charge < -0.3 is 19.9 Å². The number of aryl methyl sites for hydroxylation is 1. The van der Waals surface area contributed by atoms with Crippen LogP contribution < -0.4 is 15.4 Å². The molecule has 29 heavy (non-hydrogen) atoms. The van der Waals surface area contributed by atoms with Gasteiger partial charge in [-0.05, 0) is 30.3 Å². The number of nitrogens with one attached hydrogen (secondary N) is 2. The first-order chi connectivity index (χ1) is 13.7. The van der Waals surface area contributed by atoms with Gasteiger partial charge in [0.05, 0.1) is 21.3 Å². The van der Waals surface area contributed by atoms with Crippen LogP contribution in [0.4, 0.5) is 24.3 Å². The minimum atomic E-state index is -4.75. The molecule has 0 aliphatic rings. The molecule has 4 aromatic rings. The topological polar surface area (TPSA) is 81.1 Å². The van der Waals surface area contributed by atoms with Gasteiger partial charge in [-0.1, -0.05) is 11.3 Å². The molecule has 2 aromatic heterocycles. The van der Waals surface area contributed by atoms with Gasteiger partial charge in [-0.3, -0.25) is 4.79 Å². The van der Waals surface area contributed by atoms with Crippen molar-refractivity contribution in [3.8, 4) is 5.75 Å². The molecule has 11 heteroatoms. The monoisotopic (exact) mass is 421 g/mol. The highest BCUT2D eigenvalue weighted by Gasteiger charge is 2.31. The summed E-state index contributed by atoms with van der Waals surface area (Å²) in [4.78, 5) is 20.7. The summed E-state index contributed by atoms with van der Waals surface area (Å²) in [5.74, 6) is -0.0183. The number of amides is 1. The number of anilines is 2. The van der Waals surface area contributed by atoms with E-state index in [4.69, 9.17) is 0 Å². The summed E-state index contributed by atoms with van der Waals surface area (Å²) in [7, 11) is 3.34. The highest BCUT2D eigenvalue weighted by molar-refractivity contribution is 7.22. The molecule has 2 heterocycles. The summed E-state index contributed by atoms with van der Waals surface area (Å²) in [6.07, 6.45) is -4.75. The number of aromatic nitrogens is 3. The van der Waals surface area contributed by atoms with Gasteiger partial charge in [0.1, 0.15) is 5.75 Å². The number of benzene rings is 2. The molecule has 7 nitrogen and oxygen atoms in total. The average Bonchev–Trinajstić information content (AvgIpc) is 3.20. The third kappa shape index (κ3) is 3.81. The Morgan fingerprint density at radius 2 is 1.90 bits per heavy atom. The van der Waals surface area contributed by atoms with E-state index >= 15 is 0 Å². The van der Waals surface area contributed by atoms with Gasteiger partial charge in [0.2, 0.25) is 5.95 Å². The second-order valence-electron chi connectivity index (χ2n) is 6.10. The van der Waals surface area contributed by atoms with Crippen LogP contribution in [0.5, 0.6) is 5.75 Å². The summed E-state index contributed by atoms with van der Waals surface area (Å²) < 4.78 is 43.4. The lowest BCUT2D eigenvalue weighted by Crippen LogP contribution is -2.17. The van der Waals surface area contributed by atoms with Crippen LogP contribution in [0.2, 0.25) is 0 Å². The Hall–Kier alpha value is -3.34. The Balaban J connectivity index is 1.64. The van der Waals surface area contributed by atoms with Crippen molar-refractivity contribution in [3.05, 3.63) is 42.0 Å². The molecular weight excluding hydrogens is 407 g/mol. The molecule has 0 fully saturated rings. The number of nitrogens with zero attached hydrogens (tertiary/aromatic N) is 3. The van der Waals surface area contributed by atoms with E-state index < -0.39 is 6.36 Å². The number of hydrogen-bond donors (Lipinski definition) is 2. The predicted molar refractivity (Wildman–Crippen MR) is 104 cm³/mol. The van der Waals surface area contributed by atoms with Gasteiger partial charge in [0, 0.05) is 25.7 Å². The molecule has 0 unspecified atom stereocenters. The van der Waals surface area contributed by atoms with E-state index in [0.717, 1.165) is 5.52 Å². The SMILES string of the molecule is CNC(=O)c1ccc2nc(Nc3nc4ccc(OC(F)(F)F)cc4s3)n(C)c2c1. The van der Waals surface area contributed by atoms with Crippen LogP contribution in [-0.4, -0.2) is 33.9 Å². The van der Waals surface area contributed by atoms with Crippen molar-refractivity contribution in [1.29, 1.82) is 0 Å². The second kappa shape index (κ2) is 6.92. The van der Waals surface area contributed by atoms with E-state index in [0.29, 0.717) is 32.4 Å². The number of alkyl halides is 3. The highest BCUT2D eigenvalue weighted by atomic mass is 32.1. The molecule has 0 saturated carbocycles. The fraction of sp³-hybridized carbons (Fsp3) is 0.167. The lowest BCUT2D eigenvalue weighted by molar-refractivity contribution is -0.274. The van der Waals surface area contributed by atoms with E-state index in [2.05, 4.69) is 25.3 Å². The molecule has 2 N–H and O–H groups in total. The summed E-state index contributed by atoms with van der Waals surface area (Å²) in [6.45, 7) is 0. The molecule has 0 aliphatic heterocycles. The number of thiazole rings is 1. The van der Waals surface area contributed by atoms with Crippen LogP contribution >= 0.6 is 11.3 Å². The summed E-state index contributed by atoms with van der Waals surface area (Å²) in [6, 6.07) is 9.11. The standard InChI is InChI=1S/C18H14F3N5O2S/c1-22-15(27)9-3-5-11-13(7-9)26(2)16(23-11)25-17-24-12-6-4-10(8-14(12)29-17)28-18(19,20)21/h3-8H,1-2H3,(H,22,27)(H,23,24,25). The lowest BCUT2D eigenvalue weighted by Gasteiger charge is -2.07. The van der Waals surface area contributed by atoms with Crippen LogP contribution in [0, 0.1) is 0 Å². The van der Waals surface area contributed by atoms with Gasteiger partial charge in [0.25, 0.3) is 5.91 Å². The largest absolute Gasteiger partial charge is 0.573 e. The van der Waals surface area contributed by atoms with Gasteiger partial charge in [-0.15, -0.1) is 13.2 Å². The van der Waals surface area contributed by atoms with Gasteiger partial charge in [0.15, 0.2) is 5.13 Å². The van der Waals surface area contributed by atoms with Crippen molar-refractivity contribution in [2.24, 2.45) is 7.05 Å². The molecule has 0 radical (unpaired) electrons. The van der Waals surface area contributed by atoms with Gasteiger partial charge >= 0.3 is 6.36 Å². The van der Waals surface area contributed by atoms with E-state index in [1.54, 1.807) is 36.9 Å². The van der Waals surface area contributed by atoms with Crippen molar-refractivity contribution in [2.45, 2.75) is 6.36 Å². The zero-order chi connectivity index (χ0) is 20.8. The first-order valence-electron chi connectivity index (χ1n) is 8.35. The minimum absolute atomic E-state index is 0.203. The van der Waals surface area contributed by atoms with E-state index in [-0.39, 0.29) is 11.7 Å². The number of halogens is 3. The Bertz CT molecular complexity index is 1230. The molecule has 4 rings (SSSR count). The zero-order valence-corrected chi connectivity index (χ0v) is 16.0. The van der Waals surface area contributed by atoms with Crippen molar-refractivity contribution >= 4 is 49.6 Å². The van der Waals surface area contributed by atoms with Gasteiger partial charge in [-0.2, -0.15) is 0 Å². The van der Waals surface area contributed by atoms with E-state index in [9.17, 15) is 18.0 Å². The molecule has 0 saturated heterocycles. The van der Waals surface area contributed by atoms with Gasteiger partial charge in [-0.25, -0.2) is 9.97 Å². The molecule has 2 aromatic carbocycles. The molecule has 150 valence electrons. The third-order valence-electron chi connectivity index (χ3n) is 4.18. The third-order valence-corrected chi connectivity index (χ3v) is 5.12. The van der Waals surface area contributed by atoms with Crippen LogP contribution in [0.3, 0.4) is 0 Å². The predicted octanol–water partition coefficient (Wildman–Crippen LogP) is 4.18. The maximum atomic E-state index is 12.4. The Labute approximate surface area is 166 Å². The molecule has 0 aliphatic carbocycles. The maximum absolute atomic E-state index is 12.4. The van der Waals surface area contributed by atoms with Crippen LogP contribution in [0.15, 0.2) is 36.4 Å². The maximum Gasteiger partial charge on any atom is 0.573 e. The second-order valence-corrected chi connectivity index (χ2v) is 7.13. The van der Waals surface area contributed by atoms with E-state index in [1.807, 2.05) is 0 Å². The first-order valence-corrected chi connectivity index (χ1v) is 9.17. The molecule has 0 spiro atoms. The summed E-state index contributed by atoms with van der Waals surface area (Å²) >= 11 is 1.18. The number of hydrogen-bond acceptors (Lipinski definition) is 6. The number of carbonyl (C=O) groups excluding carboxylic acids is 1. The number of fused-ring (bicyclic) bond motifs is 2. The highest BCUT2D eigenvalue weighted by Crippen LogP contribution is 2.33. The fourth-order valence-corrected chi connectivity index (χ4v) is 3.73. The number of rotatable bonds is 4. The van der Waals surface area contributed by atoms with Crippen molar-refractivity contribution in [1.82, 2.24) is 19.9 Å². The summed E-state index contributed by atoms with van der Waals surface area (Å²) in [5, 5.41) is 6.12. The fourth-order valence-electron chi connectivity index (χ4n) is 2.84. The number of ether oxygens (including phenoxy) is 1. The van der Waals surface area contributed by atoms with Crippen molar-refractivity contribution in [2.75, 3.05) is 12.4 Å². The van der Waals surface area contributed by atoms with Crippen LogP contribution in [0.1, 0.15) is 10.4 Å². The number of carbonyl (C=O) groups is 1. The van der Waals surface area contributed by atoms with Crippen LogP contribution in [-0.2, 0) is 7.05 Å². The average molecular weight is 421 g/mol. The smallest absolute Gasteiger partial charge is 0.406 e. The Morgan fingerprint density at radius 1 is 1.14 bits per heavy atom. The Morgan fingerprint density at radius 3 is 2.62 bits per heavy atom. The van der Waals surface area contributed by atoms with Crippen LogP contribution in [0.25, 0.3) is 21.3 Å². The summed E-state index contributed by atoms with van der Waals surface area (Å²) in [5.41, 5.74) is 2.47.